The van der Waals surface area contributed by atoms with Crippen molar-refractivity contribution >= 4 is 6.09 Å². The fourth-order valence-electron chi connectivity index (χ4n) is 1.96. The van der Waals surface area contributed by atoms with Crippen LogP contribution in [0.25, 0.3) is 0 Å². The highest BCUT2D eigenvalue weighted by Gasteiger charge is 2.40. The molecule has 1 aliphatic heterocycles. The lowest BCUT2D eigenvalue weighted by atomic mass is 9.93. The summed E-state index contributed by atoms with van der Waals surface area (Å²) in [7, 11) is 0. The highest BCUT2D eigenvalue weighted by Crippen LogP contribution is 2.31. The van der Waals surface area contributed by atoms with E-state index in [9.17, 15) is 4.79 Å². The predicted octanol–water partition coefficient (Wildman–Crippen LogP) is 0.868. The maximum Gasteiger partial charge on any atom is 0.407 e. The molecule has 3 N–H and O–H groups in total. The molecule has 0 bridgehead atoms. The van der Waals surface area contributed by atoms with Gasteiger partial charge in [0.25, 0.3) is 0 Å². The number of carboxylic acid groups (broad SMARTS) is 1. The summed E-state index contributed by atoms with van der Waals surface area (Å²) in [6.07, 6.45) is 1.83. The number of hydrogen-bond donors (Lipinski definition) is 2. The van der Waals surface area contributed by atoms with Gasteiger partial charge in [-0.1, -0.05) is 6.92 Å². The number of nitrogens with two attached hydrogens (primary N) is 1. The Kier molecular flexibility index (Phi) is 2.57. The summed E-state index contributed by atoms with van der Waals surface area (Å²) in [5, 5.41) is 8.88. The lowest BCUT2D eigenvalue weighted by Crippen LogP contribution is -2.51. The first-order valence-corrected chi connectivity index (χ1v) is 4.37. The summed E-state index contributed by atoms with van der Waals surface area (Å²) in [4.78, 5) is 12.3. The van der Waals surface area contributed by atoms with Crippen molar-refractivity contribution in [2.24, 2.45) is 5.73 Å². The zero-order valence-electron chi connectivity index (χ0n) is 7.42. The van der Waals surface area contributed by atoms with Crippen LogP contribution in [0.5, 0.6) is 0 Å². The van der Waals surface area contributed by atoms with Gasteiger partial charge in [-0.05, 0) is 19.3 Å². The number of rotatable bonds is 2. The van der Waals surface area contributed by atoms with Crippen LogP contribution in [0.3, 0.4) is 0 Å². The largest absolute Gasteiger partial charge is 0.465 e. The van der Waals surface area contributed by atoms with Crippen molar-refractivity contribution in [3.05, 3.63) is 0 Å². The smallest absolute Gasteiger partial charge is 0.407 e. The molecule has 4 nitrogen and oxygen atoms in total. The molecule has 1 aliphatic rings. The molecular weight excluding hydrogens is 156 g/mol. The normalized spacial score (nSPS) is 29.3. The highest BCUT2D eigenvalue weighted by molar-refractivity contribution is 5.66. The summed E-state index contributed by atoms with van der Waals surface area (Å²) in [6.45, 7) is 3.07. The second-order valence-electron chi connectivity index (χ2n) is 3.32. The minimum Gasteiger partial charge on any atom is -0.465 e. The molecule has 0 radical (unpaired) electrons. The van der Waals surface area contributed by atoms with Gasteiger partial charge in [-0.3, -0.25) is 0 Å². The van der Waals surface area contributed by atoms with E-state index in [1.165, 1.54) is 4.90 Å². The second-order valence-corrected chi connectivity index (χ2v) is 3.32. The molecule has 1 rings (SSSR count). The molecule has 0 aromatic heterocycles. The van der Waals surface area contributed by atoms with Crippen molar-refractivity contribution < 1.29 is 9.90 Å². The van der Waals surface area contributed by atoms with Crippen LogP contribution in [-0.2, 0) is 0 Å². The van der Waals surface area contributed by atoms with E-state index in [2.05, 4.69) is 0 Å². The quantitative estimate of drug-likeness (QED) is 0.649. The Morgan fingerprint density at radius 2 is 2.42 bits per heavy atom. The average molecular weight is 172 g/mol. The van der Waals surface area contributed by atoms with E-state index < -0.39 is 6.09 Å². The van der Waals surface area contributed by atoms with Gasteiger partial charge in [0.1, 0.15) is 0 Å². The predicted molar refractivity (Wildman–Crippen MR) is 46.0 cm³/mol. The zero-order valence-corrected chi connectivity index (χ0v) is 7.42. The maximum absolute atomic E-state index is 10.8. The van der Waals surface area contributed by atoms with Crippen LogP contribution in [0.1, 0.15) is 26.2 Å². The first-order chi connectivity index (χ1) is 5.66. The number of nitrogens with zero attached hydrogens (tertiary/aromatic N) is 1. The van der Waals surface area contributed by atoms with Crippen molar-refractivity contribution in [1.82, 2.24) is 4.90 Å². The second kappa shape index (κ2) is 3.31. The Balaban J connectivity index is 2.78. The third kappa shape index (κ3) is 1.27. The number of amides is 1. The van der Waals surface area contributed by atoms with Crippen LogP contribution in [0, 0.1) is 0 Å². The van der Waals surface area contributed by atoms with E-state index in [1.54, 1.807) is 0 Å². The molecule has 1 fully saturated rings. The first-order valence-electron chi connectivity index (χ1n) is 4.37. The Bertz CT molecular complexity index is 178. The molecule has 1 unspecified atom stereocenters. The number of hydrogen-bond acceptors (Lipinski definition) is 2. The van der Waals surface area contributed by atoms with E-state index >= 15 is 0 Å². The van der Waals surface area contributed by atoms with Crippen LogP contribution in [0.15, 0.2) is 0 Å². The van der Waals surface area contributed by atoms with E-state index in [0.29, 0.717) is 13.1 Å². The topological polar surface area (TPSA) is 66.6 Å². The average Bonchev–Trinajstić information content (AvgIpc) is 2.48. The van der Waals surface area contributed by atoms with Gasteiger partial charge in [-0.15, -0.1) is 0 Å². The molecule has 0 aromatic rings. The van der Waals surface area contributed by atoms with Gasteiger partial charge in [0.2, 0.25) is 0 Å². The van der Waals surface area contributed by atoms with E-state index in [-0.39, 0.29) is 5.54 Å². The Morgan fingerprint density at radius 1 is 1.75 bits per heavy atom. The monoisotopic (exact) mass is 172 g/mol. The fourth-order valence-corrected chi connectivity index (χ4v) is 1.96. The fraction of sp³-hybridized carbons (Fsp3) is 0.875. The minimum atomic E-state index is -0.834. The van der Waals surface area contributed by atoms with E-state index in [4.69, 9.17) is 10.8 Å². The molecule has 1 atom stereocenters. The molecule has 0 saturated carbocycles. The van der Waals surface area contributed by atoms with Crippen molar-refractivity contribution in [1.29, 1.82) is 0 Å². The van der Waals surface area contributed by atoms with Crippen molar-refractivity contribution in [2.75, 3.05) is 13.1 Å². The van der Waals surface area contributed by atoms with Gasteiger partial charge in [0.15, 0.2) is 0 Å². The van der Waals surface area contributed by atoms with Crippen LogP contribution in [0.2, 0.25) is 0 Å². The lowest BCUT2D eigenvalue weighted by Gasteiger charge is -2.34. The first kappa shape index (κ1) is 9.32. The molecular formula is C8H16N2O2. The third-order valence-corrected chi connectivity index (χ3v) is 2.87. The van der Waals surface area contributed by atoms with Crippen LogP contribution in [0.4, 0.5) is 4.79 Å². The van der Waals surface area contributed by atoms with Crippen molar-refractivity contribution in [2.45, 2.75) is 31.7 Å². The van der Waals surface area contributed by atoms with Gasteiger partial charge in [-0.2, -0.15) is 0 Å². The summed E-state index contributed by atoms with van der Waals surface area (Å²) in [6, 6.07) is 0. The van der Waals surface area contributed by atoms with Gasteiger partial charge < -0.3 is 15.7 Å². The summed E-state index contributed by atoms with van der Waals surface area (Å²) >= 11 is 0. The van der Waals surface area contributed by atoms with Gasteiger partial charge in [0.05, 0.1) is 5.54 Å². The molecule has 12 heavy (non-hydrogen) atoms. The lowest BCUT2D eigenvalue weighted by molar-refractivity contribution is 0.103. The molecule has 0 spiro atoms. The summed E-state index contributed by atoms with van der Waals surface area (Å²) < 4.78 is 0. The number of carbonyl (C=O) groups is 1. The maximum atomic E-state index is 10.8. The summed E-state index contributed by atoms with van der Waals surface area (Å²) in [5.41, 5.74) is 5.33. The third-order valence-electron chi connectivity index (χ3n) is 2.87. The Hall–Kier alpha value is -0.770. The van der Waals surface area contributed by atoms with Crippen molar-refractivity contribution in [3.8, 4) is 0 Å². The zero-order chi connectivity index (χ0) is 9.19. The molecule has 1 heterocycles. The molecule has 70 valence electrons. The van der Waals surface area contributed by atoms with Crippen LogP contribution < -0.4 is 5.73 Å². The van der Waals surface area contributed by atoms with Crippen LogP contribution in [-0.4, -0.2) is 34.7 Å². The number of likely N-dealkylation sites (tertiary alicyclic amines) is 1. The standard InChI is InChI=1S/C8H16N2O2/c1-2-8(6-9)4-3-5-10(8)7(11)12/h2-6,9H2,1H3,(H,11,12). The van der Waals surface area contributed by atoms with Crippen molar-refractivity contribution in [3.63, 3.8) is 0 Å². The van der Waals surface area contributed by atoms with E-state index in [1.807, 2.05) is 6.92 Å². The SMILES string of the molecule is CCC1(CN)CCCN1C(=O)O. The Morgan fingerprint density at radius 3 is 2.75 bits per heavy atom. The van der Waals surface area contributed by atoms with E-state index in [0.717, 1.165) is 19.3 Å². The molecule has 1 saturated heterocycles. The van der Waals surface area contributed by atoms with Gasteiger partial charge in [-0.25, -0.2) is 4.79 Å². The molecule has 0 aliphatic carbocycles. The minimum absolute atomic E-state index is 0.272. The van der Waals surface area contributed by atoms with Gasteiger partial charge in [0, 0.05) is 13.1 Å². The van der Waals surface area contributed by atoms with Crippen LogP contribution >= 0.6 is 0 Å². The Labute approximate surface area is 72.3 Å². The molecule has 1 amide bonds. The van der Waals surface area contributed by atoms with Gasteiger partial charge >= 0.3 is 6.09 Å². The molecule has 4 heteroatoms. The highest BCUT2D eigenvalue weighted by atomic mass is 16.4. The molecule has 0 aromatic carbocycles. The summed E-state index contributed by atoms with van der Waals surface area (Å²) in [5.74, 6) is 0.